The molecule has 0 aliphatic carbocycles. The van der Waals surface area contributed by atoms with Crippen LogP contribution in [0.1, 0.15) is 17.3 Å². The van der Waals surface area contributed by atoms with E-state index in [0.717, 1.165) is 4.70 Å². The molecule has 1 aromatic heterocycles. The number of nitrogens with zero attached hydrogens (tertiary/aromatic N) is 2. The fraction of sp³-hybridized carbons (Fsp3) is 0.222. The Hall–Kier alpha value is -1.83. The molecule has 4 nitrogen and oxygen atoms in total. The molecule has 3 rings (SSSR count). The molecular formula is C18H16BrFN2O2S. The zero-order valence-corrected chi connectivity index (χ0v) is 15.9. The summed E-state index contributed by atoms with van der Waals surface area (Å²) >= 11 is 4.65. The molecule has 1 heterocycles. The monoisotopic (exact) mass is 422 g/mol. The lowest BCUT2D eigenvalue weighted by Gasteiger charge is -2.06. The fourth-order valence-electron chi connectivity index (χ4n) is 2.46. The first-order chi connectivity index (χ1) is 12.1. The van der Waals surface area contributed by atoms with Crippen LogP contribution >= 0.6 is 27.3 Å². The van der Waals surface area contributed by atoms with Crippen molar-refractivity contribution in [3.05, 3.63) is 63.1 Å². The van der Waals surface area contributed by atoms with Crippen LogP contribution in [0, 0.1) is 5.82 Å². The summed E-state index contributed by atoms with van der Waals surface area (Å²) in [6, 6.07) is 12.0. The topological polar surface area (TPSA) is 43.6 Å². The predicted octanol–water partition coefficient (Wildman–Crippen LogP) is 4.38. The molecule has 0 aliphatic heterocycles. The van der Waals surface area contributed by atoms with Crippen molar-refractivity contribution in [2.75, 3.05) is 13.2 Å². The Morgan fingerprint density at radius 3 is 2.84 bits per heavy atom. The molecular weight excluding hydrogens is 407 g/mol. The number of halogens is 2. The van der Waals surface area contributed by atoms with Crippen molar-refractivity contribution in [3.63, 3.8) is 0 Å². The van der Waals surface area contributed by atoms with E-state index in [1.807, 2.05) is 19.1 Å². The van der Waals surface area contributed by atoms with Crippen molar-refractivity contribution in [1.82, 2.24) is 4.57 Å². The first kappa shape index (κ1) is 18.0. The smallest absolute Gasteiger partial charge is 0.280 e. The van der Waals surface area contributed by atoms with Crippen LogP contribution in [-0.2, 0) is 11.3 Å². The van der Waals surface area contributed by atoms with E-state index in [4.69, 9.17) is 4.74 Å². The number of carbonyl (C=O) groups is 1. The summed E-state index contributed by atoms with van der Waals surface area (Å²) in [7, 11) is 0. The SMILES string of the molecule is CCOCCn1c(=NC(=O)c2ccccc2Br)sc2cccc(F)c21. The first-order valence-electron chi connectivity index (χ1n) is 7.81. The fourth-order valence-corrected chi connectivity index (χ4v) is 3.98. The zero-order chi connectivity index (χ0) is 17.8. The van der Waals surface area contributed by atoms with Gasteiger partial charge in [-0.3, -0.25) is 4.79 Å². The van der Waals surface area contributed by atoms with Gasteiger partial charge in [0.2, 0.25) is 0 Å². The van der Waals surface area contributed by atoms with E-state index in [9.17, 15) is 9.18 Å². The third-order valence-corrected chi connectivity index (χ3v) is 5.35. The Labute approximate surface area is 156 Å². The summed E-state index contributed by atoms with van der Waals surface area (Å²) in [5.41, 5.74) is 0.919. The Morgan fingerprint density at radius 2 is 2.08 bits per heavy atom. The van der Waals surface area contributed by atoms with Gasteiger partial charge in [-0.1, -0.05) is 29.5 Å². The van der Waals surface area contributed by atoms with Gasteiger partial charge in [-0.05, 0) is 47.1 Å². The second-order valence-corrected chi connectivity index (χ2v) is 7.08. The van der Waals surface area contributed by atoms with Gasteiger partial charge in [0.05, 0.1) is 22.4 Å². The van der Waals surface area contributed by atoms with Crippen molar-refractivity contribution in [2.45, 2.75) is 13.5 Å². The van der Waals surface area contributed by atoms with Gasteiger partial charge in [-0.25, -0.2) is 4.39 Å². The molecule has 0 fully saturated rings. The summed E-state index contributed by atoms with van der Waals surface area (Å²) in [4.78, 5) is 17.2. The van der Waals surface area contributed by atoms with E-state index in [-0.39, 0.29) is 11.7 Å². The van der Waals surface area contributed by atoms with Crippen molar-refractivity contribution >= 4 is 43.4 Å². The van der Waals surface area contributed by atoms with Crippen LogP contribution in [0.3, 0.4) is 0 Å². The molecule has 0 aliphatic rings. The van der Waals surface area contributed by atoms with Gasteiger partial charge >= 0.3 is 0 Å². The maximum Gasteiger partial charge on any atom is 0.280 e. The molecule has 0 N–H and O–H groups in total. The van der Waals surface area contributed by atoms with E-state index in [2.05, 4.69) is 20.9 Å². The number of rotatable bonds is 5. The van der Waals surface area contributed by atoms with Crippen molar-refractivity contribution in [1.29, 1.82) is 0 Å². The highest BCUT2D eigenvalue weighted by Crippen LogP contribution is 2.21. The standard InChI is InChI=1S/C18H16BrFN2O2S/c1-2-24-11-10-22-16-14(20)8-5-9-15(16)25-18(22)21-17(23)12-6-3-4-7-13(12)19/h3-9H,2,10-11H2,1H3. The number of para-hydroxylation sites is 1. The van der Waals surface area contributed by atoms with Gasteiger partial charge in [0.15, 0.2) is 4.80 Å². The predicted molar refractivity (Wildman–Crippen MR) is 100 cm³/mol. The van der Waals surface area contributed by atoms with E-state index in [1.165, 1.54) is 17.4 Å². The number of hydrogen-bond acceptors (Lipinski definition) is 3. The van der Waals surface area contributed by atoms with E-state index in [1.54, 1.807) is 28.8 Å². The van der Waals surface area contributed by atoms with Crippen LogP contribution < -0.4 is 4.80 Å². The summed E-state index contributed by atoms with van der Waals surface area (Å²) < 4.78 is 22.8. The van der Waals surface area contributed by atoms with Crippen LogP contribution in [0.4, 0.5) is 4.39 Å². The van der Waals surface area contributed by atoms with Crippen LogP contribution in [0.2, 0.25) is 0 Å². The number of amides is 1. The van der Waals surface area contributed by atoms with Crippen LogP contribution in [0.25, 0.3) is 10.2 Å². The maximum absolute atomic E-state index is 14.3. The minimum atomic E-state index is -0.371. The largest absolute Gasteiger partial charge is 0.380 e. The normalized spacial score (nSPS) is 12.0. The summed E-state index contributed by atoms with van der Waals surface area (Å²) in [6.07, 6.45) is 0. The maximum atomic E-state index is 14.3. The van der Waals surface area contributed by atoms with Gasteiger partial charge in [-0.15, -0.1) is 0 Å². The third kappa shape index (κ3) is 3.89. The Balaban J connectivity index is 2.11. The summed E-state index contributed by atoms with van der Waals surface area (Å²) in [5.74, 6) is -0.704. The van der Waals surface area contributed by atoms with Gasteiger partial charge < -0.3 is 9.30 Å². The quantitative estimate of drug-likeness (QED) is 0.572. The molecule has 0 spiro atoms. The molecule has 0 saturated heterocycles. The lowest BCUT2D eigenvalue weighted by atomic mass is 10.2. The minimum absolute atomic E-state index is 0.333. The van der Waals surface area contributed by atoms with Gasteiger partial charge in [0.1, 0.15) is 5.82 Å². The lowest BCUT2D eigenvalue weighted by Crippen LogP contribution is -2.20. The highest BCUT2D eigenvalue weighted by atomic mass is 79.9. The number of thiazole rings is 1. The number of aromatic nitrogens is 1. The van der Waals surface area contributed by atoms with Crippen molar-refractivity contribution in [2.24, 2.45) is 4.99 Å². The lowest BCUT2D eigenvalue weighted by molar-refractivity contribution is 0.0996. The summed E-state index contributed by atoms with van der Waals surface area (Å²) in [5, 5.41) is 0. The van der Waals surface area contributed by atoms with Crippen LogP contribution in [0.15, 0.2) is 51.9 Å². The molecule has 0 saturated carbocycles. The van der Waals surface area contributed by atoms with Gasteiger partial charge in [-0.2, -0.15) is 4.99 Å². The molecule has 7 heteroatoms. The average Bonchev–Trinajstić information content (AvgIpc) is 2.94. The number of benzene rings is 2. The van der Waals surface area contributed by atoms with Gasteiger partial charge in [0.25, 0.3) is 5.91 Å². The molecule has 2 aromatic carbocycles. The third-order valence-electron chi connectivity index (χ3n) is 3.62. The second-order valence-electron chi connectivity index (χ2n) is 5.22. The average molecular weight is 423 g/mol. The molecule has 0 atom stereocenters. The molecule has 1 amide bonds. The zero-order valence-electron chi connectivity index (χ0n) is 13.5. The van der Waals surface area contributed by atoms with Crippen LogP contribution in [0.5, 0.6) is 0 Å². The second kappa shape index (κ2) is 8.03. The molecule has 0 bridgehead atoms. The number of fused-ring (bicyclic) bond motifs is 1. The molecule has 130 valence electrons. The van der Waals surface area contributed by atoms with Crippen molar-refractivity contribution in [3.8, 4) is 0 Å². The highest BCUT2D eigenvalue weighted by molar-refractivity contribution is 9.10. The molecule has 3 aromatic rings. The van der Waals surface area contributed by atoms with Crippen LogP contribution in [-0.4, -0.2) is 23.7 Å². The van der Waals surface area contributed by atoms with E-state index < -0.39 is 0 Å². The van der Waals surface area contributed by atoms with E-state index >= 15 is 0 Å². The highest BCUT2D eigenvalue weighted by Gasteiger charge is 2.13. The van der Waals surface area contributed by atoms with E-state index in [0.29, 0.717) is 40.1 Å². The Kier molecular flexibility index (Phi) is 5.78. The Bertz CT molecular complexity index is 981. The number of ether oxygens (including phenoxy) is 1. The number of hydrogen-bond donors (Lipinski definition) is 0. The van der Waals surface area contributed by atoms with Gasteiger partial charge in [0, 0.05) is 17.6 Å². The number of carbonyl (C=O) groups excluding carboxylic acids is 1. The molecule has 0 unspecified atom stereocenters. The first-order valence-corrected chi connectivity index (χ1v) is 9.42. The Morgan fingerprint density at radius 1 is 1.28 bits per heavy atom. The molecule has 25 heavy (non-hydrogen) atoms. The summed E-state index contributed by atoms with van der Waals surface area (Å²) in [6.45, 7) is 3.33. The van der Waals surface area contributed by atoms with Crippen molar-refractivity contribution < 1.29 is 13.9 Å². The molecule has 0 radical (unpaired) electrons. The minimum Gasteiger partial charge on any atom is -0.380 e.